The van der Waals surface area contributed by atoms with Gasteiger partial charge in [0.1, 0.15) is 18.2 Å². The van der Waals surface area contributed by atoms with Crippen molar-refractivity contribution in [3.8, 4) is 5.75 Å². The summed E-state index contributed by atoms with van der Waals surface area (Å²) in [6, 6.07) is 8.97. The number of hydrogen-bond donors (Lipinski definition) is 1. The van der Waals surface area contributed by atoms with E-state index in [-0.39, 0.29) is 42.0 Å². The van der Waals surface area contributed by atoms with Crippen molar-refractivity contribution in [3.05, 3.63) is 64.6 Å². The molecule has 1 aliphatic carbocycles. The lowest BCUT2D eigenvalue weighted by Gasteiger charge is -2.27. The number of primary amides is 1. The molecular formula is C29H32ClFN4O4. The molecule has 0 spiro atoms. The Labute approximate surface area is 231 Å². The van der Waals surface area contributed by atoms with Gasteiger partial charge in [-0.2, -0.15) is 0 Å². The number of likely N-dealkylation sites (N-methyl/N-ethyl adjacent to an activating group) is 1. The maximum absolute atomic E-state index is 14.3. The highest BCUT2D eigenvalue weighted by atomic mass is 35.5. The number of aromatic nitrogens is 1. The minimum absolute atomic E-state index is 0.0217. The summed E-state index contributed by atoms with van der Waals surface area (Å²) in [5.41, 5.74) is 7.22. The maximum Gasteiger partial charge on any atom is 0.323 e. The number of nitrogens with two attached hydrogens (primary N) is 1. The molecule has 1 aliphatic heterocycles. The number of ketones is 1. The zero-order valence-corrected chi connectivity index (χ0v) is 22.8. The lowest BCUT2D eigenvalue weighted by Crippen LogP contribution is -2.44. The Morgan fingerprint density at radius 3 is 2.69 bits per heavy atom. The van der Waals surface area contributed by atoms with E-state index in [2.05, 4.69) is 0 Å². The molecule has 3 aromatic rings. The molecule has 5 rings (SSSR count). The zero-order valence-electron chi connectivity index (χ0n) is 22.0. The number of Topliss-reactive ketones (excluding diaryl/α,β-unsaturated/α-hetero) is 1. The number of nitrogens with zero attached hydrogens (tertiary/aromatic N) is 3. The van der Waals surface area contributed by atoms with Crippen molar-refractivity contribution >= 4 is 40.2 Å². The van der Waals surface area contributed by atoms with Gasteiger partial charge in [0, 0.05) is 30.6 Å². The number of carbonyl (C=O) groups is 3. The highest BCUT2D eigenvalue weighted by Crippen LogP contribution is 2.48. The standard InChI is InChI=1S/C29H32ClFN4O4/c1-33(2)10-11-39-20-7-8-23-21(15-20)19(16-34(23)29(32)38)14-27(37)35-24-12-18(24)13-25(35)26(36)9-6-17-4-3-5-22(30)28(17)31/h3-5,7-8,15-16,18,24-25H,6,9-14H2,1-2H3,(H2,32,38)/t18-,24-,25+/m1/s1. The molecule has 0 bridgehead atoms. The first-order valence-corrected chi connectivity index (χ1v) is 13.5. The fourth-order valence-corrected chi connectivity index (χ4v) is 5.75. The van der Waals surface area contributed by atoms with Gasteiger partial charge in [0.05, 0.1) is 23.0 Å². The number of benzene rings is 2. The zero-order chi connectivity index (χ0) is 27.8. The van der Waals surface area contributed by atoms with E-state index in [1.54, 1.807) is 35.4 Å². The fraction of sp³-hybridized carbons (Fsp3) is 0.414. The average molecular weight is 555 g/mol. The fourth-order valence-electron chi connectivity index (χ4n) is 5.56. The van der Waals surface area contributed by atoms with Crippen molar-refractivity contribution in [1.82, 2.24) is 14.4 Å². The number of fused-ring (bicyclic) bond motifs is 2. The van der Waals surface area contributed by atoms with Gasteiger partial charge < -0.3 is 20.3 Å². The molecule has 39 heavy (non-hydrogen) atoms. The summed E-state index contributed by atoms with van der Waals surface area (Å²) in [5.74, 6) is 0.186. The largest absolute Gasteiger partial charge is 0.492 e. The van der Waals surface area contributed by atoms with Crippen LogP contribution in [0.2, 0.25) is 5.02 Å². The number of carbonyl (C=O) groups excluding carboxylic acids is 3. The number of piperidine rings is 1. The van der Waals surface area contributed by atoms with Crippen molar-refractivity contribution in [2.75, 3.05) is 27.2 Å². The Bertz CT molecular complexity index is 1440. The smallest absolute Gasteiger partial charge is 0.323 e. The van der Waals surface area contributed by atoms with Gasteiger partial charge in [0.15, 0.2) is 5.78 Å². The predicted molar refractivity (Wildman–Crippen MR) is 147 cm³/mol. The van der Waals surface area contributed by atoms with E-state index in [4.69, 9.17) is 22.1 Å². The second kappa shape index (κ2) is 11.0. The third-order valence-electron chi connectivity index (χ3n) is 7.68. The van der Waals surface area contributed by atoms with E-state index in [9.17, 15) is 18.8 Å². The summed E-state index contributed by atoms with van der Waals surface area (Å²) in [5, 5.41) is 0.732. The van der Waals surface area contributed by atoms with Crippen LogP contribution in [0.15, 0.2) is 42.6 Å². The summed E-state index contributed by atoms with van der Waals surface area (Å²) < 4.78 is 21.5. The van der Waals surface area contributed by atoms with E-state index in [1.165, 1.54) is 10.6 Å². The van der Waals surface area contributed by atoms with Crippen LogP contribution in [0.3, 0.4) is 0 Å². The molecule has 2 heterocycles. The Hall–Kier alpha value is -3.43. The van der Waals surface area contributed by atoms with Crippen molar-refractivity contribution in [2.45, 2.75) is 44.2 Å². The number of aryl methyl sites for hydroxylation is 1. The number of hydrogen-bond acceptors (Lipinski definition) is 5. The van der Waals surface area contributed by atoms with Gasteiger partial charge >= 0.3 is 6.03 Å². The third kappa shape index (κ3) is 5.65. The molecule has 0 radical (unpaired) electrons. The Kier molecular flexibility index (Phi) is 7.64. The van der Waals surface area contributed by atoms with E-state index in [0.717, 1.165) is 13.0 Å². The molecule has 2 amide bonds. The first kappa shape index (κ1) is 27.1. The van der Waals surface area contributed by atoms with Crippen LogP contribution >= 0.6 is 11.6 Å². The minimum Gasteiger partial charge on any atom is -0.492 e. The average Bonchev–Trinajstić information content (AvgIpc) is 3.40. The molecule has 0 unspecified atom stereocenters. The van der Waals surface area contributed by atoms with Crippen molar-refractivity contribution < 1.29 is 23.5 Å². The molecule has 10 heteroatoms. The van der Waals surface area contributed by atoms with Gasteiger partial charge in [-0.15, -0.1) is 0 Å². The second-order valence-corrected chi connectivity index (χ2v) is 11.1. The van der Waals surface area contributed by atoms with Gasteiger partial charge in [-0.05, 0) is 74.7 Å². The molecule has 2 aliphatic rings. The van der Waals surface area contributed by atoms with Crippen LogP contribution in [0.4, 0.5) is 9.18 Å². The normalized spacial score (nSPS) is 19.9. The highest BCUT2D eigenvalue weighted by Gasteiger charge is 2.55. The van der Waals surface area contributed by atoms with Crippen LogP contribution < -0.4 is 10.5 Å². The topological polar surface area (TPSA) is 97.9 Å². The number of rotatable bonds is 10. The number of halogens is 2. The summed E-state index contributed by atoms with van der Waals surface area (Å²) in [6.45, 7) is 1.23. The first-order chi connectivity index (χ1) is 18.6. The monoisotopic (exact) mass is 554 g/mol. The van der Waals surface area contributed by atoms with Crippen molar-refractivity contribution in [2.24, 2.45) is 11.7 Å². The van der Waals surface area contributed by atoms with Crippen molar-refractivity contribution in [1.29, 1.82) is 0 Å². The third-order valence-corrected chi connectivity index (χ3v) is 7.97. The highest BCUT2D eigenvalue weighted by molar-refractivity contribution is 6.30. The Morgan fingerprint density at radius 2 is 1.95 bits per heavy atom. The Morgan fingerprint density at radius 1 is 1.15 bits per heavy atom. The van der Waals surface area contributed by atoms with Crippen LogP contribution in [0.5, 0.6) is 5.75 Å². The predicted octanol–water partition coefficient (Wildman–Crippen LogP) is 4.03. The number of amides is 2. The van der Waals surface area contributed by atoms with Crippen LogP contribution in [-0.2, 0) is 22.4 Å². The van der Waals surface area contributed by atoms with Crippen LogP contribution in [0.25, 0.3) is 10.9 Å². The minimum atomic E-state index is -0.648. The van der Waals surface area contributed by atoms with Gasteiger partial charge in [0.2, 0.25) is 5.91 Å². The summed E-state index contributed by atoms with van der Waals surface area (Å²) >= 11 is 5.88. The summed E-state index contributed by atoms with van der Waals surface area (Å²) in [6.07, 6.45) is 3.47. The molecule has 3 atom stereocenters. The van der Waals surface area contributed by atoms with E-state index in [0.29, 0.717) is 46.7 Å². The van der Waals surface area contributed by atoms with Crippen LogP contribution in [0.1, 0.15) is 30.4 Å². The maximum atomic E-state index is 14.3. The van der Waals surface area contributed by atoms with Gasteiger partial charge in [-0.3, -0.25) is 14.2 Å². The molecular weight excluding hydrogens is 523 g/mol. The molecule has 206 valence electrons. The molecule has 1 aromatic heterocycles. The van der Waals surface area contributed by atoms with E-state index < -0.39 is 17.9 Å². The lowest BCUT2D eigenvalue weighted by atomic mass is 9.99. The van der Waals surface area contributed by atoms with Gasteiger partial charge in [0.25, 0.3) is 0 Å². The van der Waals surface area contributed by atoms with Crippen LogP contribution in [0, 0.1) is 11.7 Å². The summed E-state index contributed by atoms with van der Waals surface area (Å²) in [4.78, 5) is 42.7. The van der Waals surface area contributed by atoms with Crippen molar-refractivity contribution in [3.63, 3.8) is 0 Å². The first-order valence-electron chi connectivity index (χ1n) is 13.1. The second-order valence-electron chi connectivity index (χ2n) is 10.7. The SMILES string of the molecule is CN(C)CCOc1ccc2c(c1)c(CC(=O)N1[C@@H]3C[C@@H]3C[C@H]1C(=O)CCc1cccc(Cl)c1F)cn2C(N)=O. The van der Waals surface area contributed by atoms with Gasteiger partial charge in [-0.1, -0.05) is 23.7 Å². The lowest BCUT2D eigenvalue weighted by molar-refractivity contribution is -0.138. The molecule has 2 N–H and O–H groups in total. The molecule has 2 fully saturated rings. The number of ether oxygens (including phenoxy) is 1. The quantitative estimate of drug-likeness (QED) is 0.408. The molecule has 1 saturated heterocycles. The summed E-state index contributed by atoms with van der Waals surface area (Å²) in [7, 11) is 3.92. The van der Waals surface area contributed by atoms with Crippen LogP contribution in [-0.4, -0.2) is 71.4 Å². The van der Waals surface area contributed by atoms with E-state index in [1.807, 2.05) is 25.1 Å². The molecule has 8 nitrogen and oxygen atoms in total. The molecule has 2 aromatic carbocycles. The molecule has 1 saturated carbocycles. The number of likely N-dealkylation sites (tertiary alicyclic amines) is 1. The van der Waals surface area contributed by atoms with Gasteiger partial charge in [-0.25, -0.2) is 9.18 Å². The van der Waals surface area contributed by atoms with E-state index >= 15 is 0 Å². The Balaban J connectivity index is 1.33.